The summed E-state index contributed by atoms with van der Waals surface area (Å²) in [5.74, 6) is -0.213. The van der Waals surface area contributed by atoms with Gasteiger partial charge in [-0.05, 0) is 49.2 Å². The van der Waals surface area contributed by atoms with Gasteiger partial charge in [-0.2, -0.15) is 0 Å². The number of amides is 1. The van der Waals surface area contributed by atoms with E-state index in [9.17, 15) is 14.0 Å². The quantitative estimate of drug-likeness (QED) is 0.616. The molecule has 0 bridgehead atoms. The molecule has 0 spiro atoms. The Labute approximate surface area is 144 Å². The fourth-order valence-corrected chi connectivity index (χ4v) is 3.29. The summed E-state index contributed by atoms with van der Waals surface area (Å²) in [7, 11) is 0. The standard InChI is InChI=1S/C18H17FN2O2S/c19-15-6-3-13(4-7-15)16(22)12-24-17-8-5-14(11-20-17)18(23)21-9-1-2-10-21/h3-8,11H,1-2,9-10,12H2. The molecular weight excluding hydrogens is 327 g/mol. The number of carbonyl (C=O) groups is 2. The number of hydrogen-bond donors (Lipinski definition) is 0. The van der Waals surface area contributed by atoms with Gasteiger partial charge in [-0.25, -0.2) is 9.37 Å². The molecule has 3 rings (SSSR count). The number of rotatable bonds is 5. The molecule has 2 heterocycles. The van der Waals surface area contributed by atoms with E-state index in [0.29, 0.717) is 16.2 Å². The first-order chi connectivity index (χ1) is 11.6. The van der Waals surface area contributed by atoms with Crippen LogP contribution < -0.4 is 0 Å². The molecule has 0 N–H and O–H groups in total. The Morgan fingerprint density at radius 3 is 2.33 bits per heavy atom. The number of aromatic nitrogens is 1. The van der Waals surface area contributed by atoms with Crippen LogP contribution in [0.25, 0.3) is 0 Å². The van der Waals surface area contributed by atoms with Crippen molar-refractivity contribution < 1.29 is 14.0 Å². The van der Waals surface area contributed by atoms with Gasteiger partial charge in [-0.3, -0.25) is 9.59 Å². The summed E-state index contributed by atoms with van der Waals surface area (Å²) in [5.41, 5.74) is 1.05. The number of pyridine rings is 1. The van der Waals surface area contributed by atoms with Crippen LogP contribution in [0.4, 0.5) is 4.39 Å². The molecule has 0 saturated carbocycles. The predicted octanol–water partition coefficient (Wildman–Crippen LogP) is 3.43. The summed E-state index contributed by atoms with van der Waals surface area (Å²) in [4.78, 5) is 30.4. The number of ketones is 1. The number of hydrogen-bond acceptors (Lipinski definition) is 4. The number of benzene rings is 1. The minimum atomic E-state index is -0.362. The van der Waals surface area contributed by atoms with Crippen LogP contribution in [0, 0.1) is 5.82 Å². The van der Waals surface area contributed by atoms with E-state index in [4.69, 9.17) is 0 Å². The Balaban J connectivity index is 1.57. The molecule has 0 aliphatic carbocycles. The summed E-state index contributed by atoms with van der Waals surface area (Å²) in [5, 5.41) is 0.684. The monoisotopic (exact) mass is 344 g/mol. The van der Waals surface area contributed by atoms with Crippen molar-refractivity contribution in [2.24, 2.45) is 0 Å². The fraction of sp³-hybridized carbons (Fsp3) is 0.278. The first-order valence-electron chi connectivity index (χ1n) is 7.80. The van der Waals surface area contributed by atoms with Crippen molar-refractivity contribution in [3.63, 3.8) is 0 Å². The molecule has 1 amide bonds. The molecule has 1 aromatic heterocycles. The van der Waals surface area contributed by atoms with Crippen LogP contribution in [0.1, 0.15) is 33.6 Å². The number of halogens is 1. The third kappa shape index (κ3) is 4.00. The predicted molar refractivity (Wildman–Crippen MR) is 90.8 cm³/mol. The first kappa shape index (κ1) is 16.6. The Morgan fingerprint density at radius 2 is 1.71 bits per heavy atom. The molecule has 1 aromatic carbocycles. The second-order valence-electron chi connectivity index (χ2n) is 5.60. The van der Waals surface area contributed by atoms with Gasteiger partial charge in [-0.1, -0.05) is 11.8 Å². The Hall–Kier alpha value is -2.21. The SMILES string of the molecule is O=C(CSc1ccc(C(=O)N2CCCC2)cn1)c1ccc(F)cc1. The number of Topliss-reactive ketones (excluding diaryl/α,β-unsaturated/α-hetero) is 1. The van der Waals surface area contributed by atoms with Gasteiger partial charge >= 0.3 is 0 Å². The third-order valence-electron chi connectivity index (χ3n) is 3.89. The number of carbonyl (C=O) groups excluding carboxylic acids is 2. The van der Waals surface area contributed by atoms with E-state index in [2.05, 4.69) is 4.98 Å². The minimum absolute atomic E-state index is 0.0129. The second-order valence-corrected chi connectivity index (χ2v) is 6.60. The molecule has 1 aliphatic heterocycles. The molecule has 0 radical (unpaired) electrons. The van der Waals surface area contributed by atoms with Gasteiger partial charge in [0.15, 0.2) is 5.78 Å². The maximum absolute atomic E-state index is 12.9. The average Bonchev–Trinajstić information content (AvgIpc) is 3.15. The van der Waals surface area contributed by atoms with Crippen LogP contribution in [0.15, 0.2) is 47.6 Å². The molecule has 0 atom stereocenters. The molecular formula is C18H17FN2O2S. The van der Waals surface area contributed by atoms with Crippen molar-refractivity contribution >= 4 is 23.5 Å². The maximum atomic E-state index is 12.9. The summed E-state index contributed by atoms with van der Waals surface area (Å²) in [6, 6.07) is 9.00. The van der Waals surface area contributed by atoms with Gasteiger partial charge < -0.3 is 4.90 Å². The normalized spacial score (nSPS) is 14.0. The maximum Gasteiger partial charge on any atom is 0.255 e. The van der Waals surface area contributed by atoms with Crippen molar-refractivity contribution in [3.8, 4) is 0 Å². The third-order valence-corrected chi connectivity index (χ3v) is 4.84. The lowest BCUT2D eigenvalue weighted by molar-refractivity contribution is 0.0792. The highest BCUT2D eigenvalue weighted by Crippen LogP contribution is 2.19. The number of likely N-dealkylation sites (tertiary alicyclic amines) is 1. The second kappa shape index (κ2) is 7.57. The topological polar surface area (TPSA) is 50.3 Å². The summed E-state index contributed by atoms with van der Waals surface area (Å²) >= 11 is 1.30. The summed E-state index contributed by atoms with van der Waals surface area (Å²) in [6.45, 7) is 1.61. The largest absolute Gasteiger partial charge is 0.339 e. The van der Waals surface area contributed by atoms with E-state index in [-0.39, 0.29) is 23.3 Å². The van der Waals surface area contributed by atoms with Crippen molar-refractivity contribution in [3.05, 3.63) is 59.5 Å². The van der Waals surface area contributed by atoms with Gasteiger partial charge in [0, 0.05) is 24.8 Å². The highest BCUT2D eigenvalue weighted by Gasteiger charge is 2.19. The van der Waals surface area contributed by atoms with Crippen LogP contribution in [-0.4, -0.2) is 40.4 Å². The van der Waals surface area contributed by atoms with E-state index in [1.165, 1.54) is 36.0 Å². The van der Waals surface area contributed by atoms with Crippen LogP contribution in [-0.2, 0) is 0 Å². The average molecular weight is 344 g/mol. The van der Waals surface area contributed by atoms with Crippen molar-refractivity contribution in [2.45, 2.75) is 17.9 Å². The molecule has 1 aliphatic rings. The van der Waals surface area contributed by atoms with E-state index < -0.39 is 0 Å². The molecule has 6 heteroatoms. The van der Waals surface area contributed by atoms with Crippen LogP contribution in [0.5, 0.6) is 0 Å². The van der Waals surface area contributed by atoms with Gasteiger partial charge in [-0.15, -0.1) is 0 Å². The molecule has 4 nitrogen and oxygen atoms in total. The Kier molecular flexibility index (Phi) is 5.25. The Bertz CT molecular complexity index is 726. The molecule has 24 heavy (non-hydrogen) atoms. The first-order valence-corrected chi connectivity index (χ1v) is 8.79. The van der Waals surface area contributed by atoms with Crippen LogP contribution >= 0.6 is 11.8 Å². The van der Waals surface area contributed by atoms with Crippen molar-refractivity contribution in [1.82, 2.24) is 9.88 Å². The van der Waals surface area contributed by atoms with E-state index >= 15 is 0 Å². The molecule has 2 aromatic rings. The number of nitrogens with zero attached hydrogens (tertiary/aromatic N) is 2. The van der Waals surface area contributed by atoms with Gasteiger partial charge in [0.25, 0.3) is 5.91 Å². The molecule has 124 valence electrons. The Morgan fingerprint density at radius 1 is 1.04 bits per heavy atom. The lowest BCUT2D eigenvalue weighted by atomic mass is 10.1. The molecule has 0 unspecified atom stereocenters. The zero-order valence-corrected chi connectivity index (χ0v) is 13.9. The highest BCUT2D eigenvalue weighted by atomic mass is 32.2. The molecule has 1 saturated heterocycles. The fourth-order valence-electron chi connectivity index (χ4n) is 2.55. The van der Waals surface area contributed by atoms with Crippen molar-refractivity contribution in [1.29, 1.82) is 0 Å². The minimum Gasteiger partial charge on any atom is -0.339 e. The van der Waals surface area contributed by atoms with Gasteiger partial charge in [0.05, 0.1) is 16.3 Å². The van der Waals surface area contributed by atoms with E-state index in [1.54, 1.807) is 18.3 Å². The van der Waals surface area contributed by atoms with E-state index in [0.717, 1.165) is 25.9 Å². The number of thioether (sulfide) groups is 1. The smallest absolute Gasteiger partial charge is 0.255 e. The van der Waals surface area contributed by atoms with Gasteiger partial charge in [0.1, 0.15) is 5.82 Å². The lowest BCUT2D eigenvalue weighted by Crippen LogP contribution is -2.27. The van der Waals surface area contributed by atoms with Gasteiger partial charge in [0.2, 0.25) is 0 Å². The van der Waals surface area contributed by atoms with E-state index in [1.807, 2.05) is 4.90 Å². The zero-order chi connectivity index (χ0) is 16.9. The van der Waals surface area contributed by atoms with Crippen molar-refractivity contribution in [2.75, 3.05) is 18.8 Å². The molecule has 1 fully saturated rings. The van der Waals surface area contributed by atoms with Crippen LogP contribution in [0.3, 0.4) is 0 Å². The van der Waals surface area contributed by atoms with Crippen LogP contribution in [0.2, 0.25) is 0 Å². The lowest BCUT2D eigenvalue weighted by Gasteiger charge is -2.14. The summed E-state index contributed by atoms with van der Waals surface area (Å²) in [6.07, 6.45) is 3.67. The highest BCUT2D eigenvalue weighted by molar-refractivity contribution is 7.99. The summed E-state index contributed by atoms with van der Waals surface area (Å²) < 4.78 is 12.9. The zero-order valence-electron chi connectivity index (χ0n) is 13.1.